The Morgan fingerprint density at radius 1 is 1.00 bits per heavy atom. The van der Waals surface area contributed by atoms with E-state index >= 15 is 0 Å². The minimum atomic E-state index is -1.49. The minimum absolute atomic E-state index is 0.405. The minimum Gasteiger partial charge on any atom is -0.373 e. The monoisotopic (exact) mass is 443 g/mol. The van der Waals surface area contributed by atoms with Gasteiger partial charge in [0.05, 0.1) is 34.3 Å². The Kier molecular flexibility index (Phi) is 5.12. The van der Waals surface area contributed by atoms with Gasteiger partial charge in [-0.2, -0.15) is 0 Å². The van der Waals surface area contributed by atoms with E-state index in [-0.39, 0.29) is 0 Å². The van der Waals surface area contributed by atoms with Crippen LogP contribution in [0.2, 0.25) is 10.2 Å². The second kappa shape index (κ2) is 7.38. The Balaban J connectivity index is 2.06. The number of aliphatic hydroxyl groups is 1. The summed E-state index contributed by atoms with van der Waals surface area (Å²) in [6.07, 6.45) is 4.05. The van der Waals surface area contributed by atoms with Crippen molar-refractivity contribution in [3.05, 3.63) is 74.9 Å². The maximum atomic E-state index is 12.2. The van der Waals surface area contributed by atoms with Gasteiger partial charge in [0, 0.05) is 25.0 Å². The number of imidazole rings is 2. The number of pyridine rings is 1. The molecular weight excluding hydrogens is 421 g/mol. The van der Waals surface area contributed by atoms with Crippen molar-refractivity contribution in [1.29, 1.82) is 0 Å². The summed E-state index contributed by atoms with van der Waals surface area (Å²) >= 11 is 13.0. The highest BCUT2D eigenvalue weighted by molar-refractivity contribution is 6.39. The Morgan fingerprint density at radius 2 is 1.57 bits per heavy atom. The van der Waals surface area contributed by atoms with Crippen molar-refractivity contribution >= 4 is 34.1 Å². The van der Waals surface area contributed by atoms with Gasteiger partial charge in [-0.3, -0.25) is 0 Å². The SMILES string of the molecule is CCc1c(Cl)nc2ccc(C(O)(c3cnc(C)n3C)c3cnc(C)n3C)cc2c1Cl. The molecule has 1 aromatic carbocycles. The van der Waals surface area contributed by atoms with E-state index in [1.807, 2.05) is 62.2 Å². The van der Waals surface area contributed by atoms with Crippen LogP contribution in [0.5, 0.6) is 0 Å². The van der Waals surface area contributed by atoms with Crippen molar-refractivity contribution in [2.45, 2.75) is 32.8 Å². The van der Waals surface area contributed by atoms with Gasteiger partial charge in [-0.05, 0) is 38.0 Å². The van der Waals surface area contributed by atoms with Crippen LogP contribution in [0.4, 0.5) is 0 Å². The lowest BCUT2D eigenvalue weighted by Gasteiger charge is -2.30. The highest BCUT2D eigenvalue weighted by atomic mass is 35.5. The highest BCUT2D eigenvalue weighted by Gasteiger charge is 2.40. The summed E-state index contributed by atoms with van der Waals surface area (Å²) in [5, 5.41) is 13.9. The zero-order valence-electron chi connectivity index (χ0n) is 17.5. The molecular formula is C22H23Cl2N5O. The Hall–Kier alpha value is -2.41. The smallest absolute Gasteiger partial charge is 0.173 e. The van der Waals surface area contributed by atoms with E-state index in [0.29, 0.717) is 39.1 Å². The number of hydrogen-bond acceptors (Lipinski definition) is 4. The molecule has 0 aliphatic rings. The molecule has 30 heavy (non-hydrogen) atoms. The fourth-order valence-corrected chi connectivity index (χ4v) is 4.61. The van der Waals surface area contributed by atoms with Crippen molar-refractivity contribution < 1.29 is 5.11 Å². The van der Waals surface area contributed by atoms with Crippen LogP contribution in [0.15, 0.2) is 30.6 Å². The van der Waals surface area contributed by atoms with Crippen LogP contribution in [-0.4, -0.2) is 29.2 Å². The molecule has 0 saturated carbocycles. The maximum absolute atomic E-state index is 12.2. The van der Waals surface area contributed by atoms with Crippen LogP contribution in [0, 0.1) is 13.8 Å². The molecule has 0 aliphatic heterocycles. The number of halogens is 2. The summed E-state index contributed by atoms with van der Waals surface area (Å²) in [7, 11) is 3.77. The maximum Gasteiger partial charge on any atom is 0.173 e. The fourth-order valence-electron chi connectivity index (χ4n) is 3.87. The van der Waals surface area contributed by atoms with Gasteiger partial charge in [-0.1, -0.05) is 36.2 Å². The number of rotatable bonds is 4. The standard InChI is InChI=1S/C22H23Cl2N5O/c1-6-15-20(23)16-9-14(7-8-17(16)27-21(15)24)22(30,18-10-25-12(2)28(18)4)19-11-26-13(3)29(19)5/h7-11,30H,6H2,1-5H3. The lowest BCUT2D eigenvalue weighted by molar-refractivity contribution is 0.109. The summed E-state index contributed by atoms with van der Waals surface area (Å²) in [5.74, 6) is 1.59. The molecule has 6 nitrogen and oxygen atoms in total. The molecule has 3 aromatic heterocycles. The molecule has 0 fully saturated rings. The number of hydrogen-bond donors (Lipinski definition) is 1. The molecule has 4 aromatic rings. The van der Waals surface area contributed by atoms with Crippen LogP contribution in [0.25, 0.3) is 10.9 Å². The second-order valence-electron chi connectivity index (χ2n) is 7.49. The van der Waals surface area contributed by atoms with E-state index in [4.69, 9.17) is 23.2 Å². The Bertz CT molecular complexity index is 1230. The molecule has 0 aliphatic carbocycles. The van der Waals surface area contributed by atoms with E-state index in [2.05, 4.69) is 15.0 Å². The lowest BCUT2D eigenvalue weighted by atomic mass is 9.86. The van der Waals surface area contributed by atoms with Crippen LogP contribution < -0.4 is 0 Å². The molecule has 0 unspecified atom stereocenters. The van der Waals surface area contributed by atoms with Crippen molar-refractivity contribution in [1.82, 2.24) is 24.1 Å². The molecule has 1 N–H and O–H groups in total. The molecule has 0 bridgehead atoms. The predicted octanol–water partition coefficient (Wildman–Crippen LogP) is 4.47. The molecule has 4 rings (SSSR count). The summed E-state index contributed by atoms with van der Waals surface area (Å²) in [5.41, 5.74) is 1.89. The molecule has 8 heteroatoms. The van der Waals surface area contributed by atoms with Gasteiger partial charge in [0.15, 0.2) is 5.60 Å². The number of fused-ring (bicyclic) bond motifs is 1. The van der Waals surface area contributed by atoms with Gasteiger partial charge in [0.2, 0.25) is 0 Å². The first-order valence-electron chi connectivity index (χ1n) is 9.68. The van der Waals surface area contributed by atoms with Gasteiger partial charge in [-0.15, -0.1) is 0 Å². The molecule has 0 spiro atoms. The fraction of sp³-hybridized carbons (Fsp3) is 0.318. The summed E-state index contributed by atoms with van der Waals surface area (Å²) in [4.78, 5) is 13.3. The van der Waals surface area contributed by atoms with Crippen molar-refractivity contribution in [2.24, 2.45) is 14.1 Å². The zero-order chi connectivity index (χ0) is 21.8. The third-order valence-electron chi connectivity index (χ3n) is 5.92. The van der Waals surface area contributed by atoms with Gasteiger partial charge in [0.25, 0.3) is 0 Å². The third kappa shape index (κ3) is 2.94. The van der Waals surface area contributed by atoms with E-state index in [1.54, 1.807) is 12.4 Å². The predicted molar refractivity (Wildman–Crippen MR) is 119 cm³/mol. The van der Waals surface area contributed by atoms with Crippen LogP contribution in [0.1, 0.15) is 41.1 Å². The van der Waals surface area contributed by atoms with E-state index in [9.17, 15) is 5.11 Å². The third-order valence-corrected chi connectivity index (χ3v) is 6.66. The average Bonchev–Trinajstić information content (AvgIpc) is 3.24. The van der Waals surface area contributed by atoms with Crippen molar-refractivity contribution in [3.63, 3.8) is 0 Å². The van der Waals surface area contributed by atoms with Gasteiger partial charge < -0.3 is 14.2 Å². The molecule has 0 amide bonds. The molecule has 3 heterocycles. The summed E-state index contributed by atoms with van der Waals surface area (Å²) in [6.45, 7) is 5.78. The lowest BCUT2D eigenvalue weighted by Crippen LogP contribution is -2.33. The zero-order valence-corrected chi connectivity index (χ0v) is 19.0. The van der Waals surface area contributed by atoms with Crippen molar-refractivity contribution in [2.75, 3.05) is 0 Å². The quantitative estimate of drug-likeness (QED) is 0.472. The van der Waals surface area contributed by atoms with Gasteiger partial charge in [-0.25, -0.2) is 15.0 Å². The van der Waals surface area contributed by atoms with Crippen LogP contribution in [0.3, 0.4) is 0 Å². The number of nitrogens with zero attached hydrogens (tertiary/aromatic N) is 5. The Morgan fingerprint density at radius 3 is 2.03 bits per heavy atom. The topological polar surface area (TPSA) is 68.8 Å². The number of aromatic nitrogens is 5. The highest BCUT2D eigenvalue weighted by Crippen LogP contribution is 2.40. The van der Waals surface area contributed by atoms with Gasteiger partial charge >= 0.3 is 0 Å². The second-order valence-corrected chi connectivity index (χ2v) is 8.23. The first-order chi connectivity index (χ1) is 14.2. The van der Waals surface area contributed by atoms with E-state index in [1.165, 1.54) is 0 Å². The summed E-state index contributed by atoms with van der Waals surface area (Å²) in [6, 6.07) is 5.56. The average molecular weight is 444 g/mol. The van der Waals surface area contributed by atoms with E-state index in [0.717, 1.165) is 22.6 Å². The largest absolute Gasteiger partial charge is 0.373 e. The number of aryl methyl sites for hydroxylation is 2. The van der Waals surface area contributed by atoms with Crippen LogP contribution >= 0.6 is 23.2 Å². The van der Waals surface area contributed by atoms with E-state index < -0.39 is 5.60 Å². The molecule has 156 valence electrons. The normalized spacial score (nSPS) is 12.1. The van der Waals surface area contributed by atoms with Gasteiger partial charge in [0.1, 0.15) is 16.8 Å². The first kappa shape index (κ1) is 20.8. The molecule has 0 radical (unpaired) electrons. The number of benzene rings is 1. The molecule has 0 saturated heterocycles. The van der Waals surface area contributed by atoms with Crippen molar-refractivity contribution in [3.8, 4) is 0 Å². The summed E-state index contributed by atoms with van der Waals surface area (Å²) < 4.78 is 3.76. The van der Waals surface area contributed by atoms with Crippen LogP contribution in [-0.2, 0) is 26.1 Å². The Labute approximate surface area is 185 Å². The molecule has 0 atom stereocenters. The first-order valence-corrected chi connectivity index (χ1v) is 10.4.